The van der Waals surface area contributed by atoms with Crippen molar-refractivity contribution in [1.29, 1.82) is 0 Å². The molecule has 2 N–H and O–H groups in total. The van der Waals surface area contributed by atoms with Crippen LogP contribution in [-0.4, -0.2) is 16.4 Å². The predicted octanol–water partition coefficient (Wildman–Crippen LogP) is 4.52. The first kappa shape index (κ1) is 13.9. The summed E-state index contributed by atoms with van der Waals surface area (Å²) in [6.07, 6.45) is 1.55. The zero-order chi connectivity index (χ0) is 15.4. The number of hydrogen-bond donors (Lipinski definition) is 2. The SMILES string of the molecule is Oc1ccc(-c2ccccc2)cc1C=Nc1ccccc1O. The fourth-order valence-electron chi connectivity index (χ4n) is 2.18. The van der Waals surface area contributed by atoms with E-state index in [0.717, 1.165) is 11.1 Å². The molecule has 0 saturated heterocycles. The highest BCUT2D eigenvalue weighted by molar-refractivity contribution is 5.88. The quantitative estimate of drug-likeness (QED) is 0.697. The minimum absolute atomic E-state index is 0.109. The summed E-state index contributed by atoms with van der Waals surface area (Å²) in [5, 5.41) is 19.7. The van der Waals surface area contributed by atoms with Crippen LogP contribution in [-0.2, 0) is 0 Å². The third-order valence-electron chi connectivity index (χ3n) is 3.36. The highest BCUT2D eigenvalue weighted by Gasteiger charge is 2.03. The Morgan fingerprint density at radius 2 is 1.41 bits per heavy atom. The average Bonchev–Trinajstić information content (AvgIpc) is 2.56. The van der Waals surface area contributed by atoms with Gasteiger partial charge in [0.1, 0.15) is 17.2 Å². The van der Waals surface area contributed by atoms with Gasteiger partial charge in [-0.3, -0.25) is 4.99 Å². The molecular weight excluding hydrogens is 274 g/mol. The molecule has 3 rings (SSSR count). The first-order chi connectivity index (χ1) is 10.7. The van der Waals surface area contributed by atoms with Gasteiger partial charge in [0.15, 0.2) is 0 Å². The van der Waals surface area contributed by atoms with Crippen molar-refractivity contribution in [1.82, 2.24) is 0 Å². The van der Waals surface area contributed by atoms with Gasteiger partial charge < -0.3 is 10.2 Å². The lowest BCUT2D eigenvalue weighted by atomic mass is 10.0. The van der Waals surface area contributed by atoms with Crippen LogP contribution in [0.1, 0.15) is 5.56 Å². The van der Waals surface area contributed by atoms with Crippen LogP contribution in [0.25, 0.3) is 11.1 Å². The van der Waals surface area contributed by atoms with Gasteiger partial charge in [0, 0.05) is 11.8 Å². The highest BCUT2D eigenvalue weighted by atomic mass is 16.3. The number of aromatic hydroxyl groups is 2. The Morgan fingerprint density at radius 1 is 0.682 bits per heavy atom. The smallest absolute Gasteiger partial charge is 0.141 e. The van der Waals surface area contributed by atoms with E-state index in [2.05, 4.69) is 4.99 Å². The van der Waals surface area contributed by atoms with Crippen molar-refractivity contribution >= 4 is 11.9 Å². The monoisotopic (exact) mass is 289 g/mol. The van der Waals surface area contributed by atoms with Crippen molar-refractivity contribution in [3.8, 4) is 22.6 Å². The van der Waals surface area contributed by atoms with Gasteiger partial charge in [-0.05, 0) is 35.4 Å². The molecule has 0 aliphatic rings. The van der Waals surface area contributed by atoms with E-state index in [1.54, 1.807) is 36.5 Å². The Bertz CT molecular complexity index is 811. The number of phenols is 2. The van der Waals surface area contributed by atoms with Crippen LogP contribution >= 0.6 is 0 Å². The second-order valence-corrected chi connectivity index (χ2v) is 4.89. The van der Waals surface area contributed by atoms with Crippen LogP contribution in [0.4, 0.5) is 5.69 Å². The van der Waals surface area contributed by atoms with E-state index in [9.17, 15) is 10.2 Å². The third-order valence-corrected chi connectivity index (χ3v) is 3.36. The summed E-state index contributed by atoms with van der Waals surface area (Å²) in [7, 11) is 0. The molecule has 3 aromatic rings. The van der Waals surface area contributed by atoms with Crippen molar-refractivity contribution in [2.75, 3.05) is 0 Å². The predicted molar refractivity (Wildman–Crippen MR) is 88.9 cm³/mol. The maximum Gasteiger partial charge on any atom is 0.141 e. The van der Waals surface area contributed by atoms with Gasteiger partial charge in [-0.2, -0.15) is 0 Å². The molecule has 0 aliphatic carbocycles. The lowest BCUT2D eigenvalue weighted by Gasteiger charge is -2.05. The number of hydrogen-bond acceptors (Lipinski definition) is 3. The molecule has 0 saturated carbocycles. The number of aliphatic imine (C=N–C) groups is 1. The van der Waals surface area contributed by atoms with E-state index in [1.807, 2.05) is 42.5 Å². The van der Waals surface area contributed by atoms with Gasteiger partial charge >= 0.3 is 0 Å². The van der Waals surface area contributed by atoms with Crippen molar-refractivity contribution in [2.45, 2.75) is 0 Å². The normalized spacial score (nSPS) is 10.9. The Hall–Kier alpha value is -3.07. The molecule has 0 atom stereocenters. The second-order valence-electron chi connectivity index (χ2n) is 4.89. The molecule has 0 spiro atoms. The van der Waals surface area contributed by atoms with Gasteiger partial charge in [0.2, 0.25) is 0 Å². The zero-order valence-corrected chi connectivity index (χ0v) is 11.8. The van der Waals surface area contributed by atoms with E-state index in [-0.39, 0.29) is 11.5 Å². The molecule has 22 heavy (non-hydrogen) atoms. The summed E-state index contributed by atoms with van der Waals surface area (Å²) >= 11 is 0. The van der Waals surface area contributed by atoms with Crippen molar-refractivity contribution in [3.63, 3.8) is 0 Å². The number of para-hydroxylation sites is 2. The molecule has 0 unspecified atom stereocenters. The van der Waals surface area contributed by atoms with Crippen LogP contribution in [0.15, 0.2) is 77.8 Å². The molecule has 3 heteroatoms. The molecule has 0 heterocycles. The zero-order valence-electron chi connectivity index (χ0n) is 11.8. The van der Waals surface area contributed by atoms with Crippen molar-refractivity contribution in [3.05, 3.63) is 78.4 Å². The highest BCUT2D eigenvalue weighted by Crippen LogP contribution is 2.27. The van der Waals surface area contributed by atoms with Gasteiger partial charge in [0.25, 0.3) is 0 Å². The van der Waals surface area contributed by atoms with E-state index in [1.165, 1.54) is 0 Å². The molecule has 3 nitrogen and oxygen atoms in total. The van der Waals surface area contributed by atoms with Gasteiger partial charge in [-0.25, -0.2) is 0 Å². The molecule has 0 fully saturated rings. The summed E-state index contributed by atoms with van der Waals surface area (Å²) in [5.74, 6) is 0.260. The van der Waals surface area contributed by atoms with Crippen LogP contribution in [0.2, 0.25) is 0 Å². The lowest BCUT2D eigenvalue weighted by molar-refractivity contribution is 0.474. The maximum absolute atomic E-state index is 9.98. The van der Waals surface area contributed by atoms with E-state index < -0.39 is 0 Å². The topological polar surface area (TPSA) is 52.8 Å². The standard InChI is InChI=1S/C19H15NO2/c21-18-11-10-15(14-6-2-1-3-7-14)12-16(18)13-20-17-8-4-5-9-19(17)22/h1-13,21-22H. The molecular formula is C19H15NO2. The Labute approximate surface area is 128 Å². The minimum atomic E-state index is 0.109. The summed E-state index contributed by atoms with van der Waals surface area (Å²) in [6.45, 7) is 0. The average molecular weight is 289 g/mol. The lowest BCUT2D eigenvalue weighted by Crippen LogP contribution is -1.85. The van der Waals surface area contributed by atoms with Crippen LogP contribution in [0.5, 0.6) is 11.5 Å². The maximum atomic E-state index is 9.98. The molecule has 3 aromatic carbocycles. The van der Waals surface area contributed by atoms with Gasteiger partial charge in [-0.1, -0.05) is 48.5 Å². The summed E-state index contributed by atoms with van der Waals surface area (Å²) in [5.41, 5.74) is 3.13. The Balaban J connectivity index is 1.96. The molecule has 0 aliphatic heterocycles. The van der Waals surface area contributed by atoms with Crippen LogP contribution in [0.3, 0.4) is 0 Å². The number of rotatable bonds is 3. The van der Waals surface area contributed by atoms with E-state index in [4.69, 9.17) is 0 Å². The molecule has 108 valence electrons. The van der Waals surface area contributed by atoms with E-state index in [0.29, 0.717) is 11.3 Å². The number of phenolic OH excluding ortho intramolecular Hbond substituents is 2. The molecule has 0 bridgehead atoms. The largest absolute Gasteiger partial charge is 0.507 e. The molecule has 0 amide bonds. The second kappa shape index (κ2) is 6.14. The summed E-state index contributed by atoms with van der Waals surface area (Å²) < 4.78 is 0. The summed E-state index contributed by atoms with van der Waals surface area (Å²) in [6, 6.07) is 22.1. The van der Waals surface area contributed by atoms with Crippen molar-refractivity contribution < 1.29 is 10.2 Å². The van der Waals surface area contributed by atoms with Crippen molar-refractivity contribution in [2.24, 2.45) is 4.99 Å². The third kappa shape index (κ3) is 2.99. The van der Waals surface area contributed by atoms with Gasteiger partial charge in [0.05, 0.1) is 0 Å². The first-order valence-electron chi connectivity index (χ1n) is 6.94. The molecule has 0 aromatic heterocycles. The summed E-state index contributed by atoms with van der Waals surface area (Å²) in [4.78, 5) is 4.24. The van der Waals surface area contributed by atoms with Crippen LogP contribution < -0.4 is 0 Å². The fraction of sp³-hybridized carbons (Fsp3) is 0. The Kier molecular flexibility index (Phi) is 3.88. The van der Waals surface area contributed by atoms with Crippen LogP contribution in [0, 0.1) is 0 Å². The van der Waals surface area contributed by atoms with E-state index >= 15 is 0 Å². The fourth-order valence-corrected chi connectivity index (χ4v) is 2.18. The first-order valence-corrected chi connectivity index (χ1v) is 6.94. The molecule has 0 radical (unpaired) electrons. The Morgan fingerprint density at radius 3 is 2.18 bits per heavy atom. The number of benzene rings is 3. The minimum Gasteiger partial charge on any atom is -0.507 e. The number of nitrogens with zero attached hydrogens (tertiary/aromatic N) is 1. The van der Waals surface area contributed by atoms with Gasteiger partial charge in [-0.15, -0.1) is 0 Å².